The standard InChI is InChI=1S/C27H25ClN2O5/c1-16-7-6-12-22(25(16)28)29-26(33)23(13-14-24(31)32)30-27(34)35-15-21-19-10-4-2-8-17(19)18-9-3-5-11-20(18)21/h2-12,21,23H,13-15H2,1H3,(H,29,33)(H,30,34)(H,31,32). The molecule has 35 heavy (non-hydrogen) atoms. The van der Waals surface area contributed by atoms with Gasteiger partial charge in [0.25, 0.3) is 0 Å². The quantitative estimate of drug-likeness (QED) is 0.392. The molecule has 0 heterocycles. The molecule has 0 aromatic heterocycles. The van der Waals surface area contributed by atoms with Crippen LogP contribution < -0.4 is 10.6 Å². The summed E-state index contributed by atoms with van der Waals surface area (Å²) in [7, 11) is 0. The molecule has 1 unspecified atom stereocenters. The van der Waals surface area contributed by atoms with Crippen LogP contribution in [0.15, 0.2) is 66.7 Å². The molecule has 7 nitrogen and oxygen atoms in total. The van der Waals surface area contributed by atoms with Crippen molar-refractivity contribution >= 4 is 35.3 Å². The molecule has 0 aliphatic heterocycles. The smallest absolute Gasteiger partial charge is 0.407 e. The molecule has 2 amide bonds. The summed E-state index contributed by atoms with van der Waals surface area (Å²) in [5, 5.41) is 14.6. The van der Waals surface area contributed by atoms with Crippen molar-refractivity contribution in [2.45, 2.75) is 31.7 Å². The van der Waals surface area contributed by atoms with E-state index in [1.165, 1.54) is 0 Å². The maximum Gasteiger partial charge on any atom is 0.407 e. The van der Waals surface area contributed by atoms with Crippen molar-refractivity contribution in [2.75, 3.05) is 11.9 Å². The van der Waals surface area contributed by atoms with Gasteiger partial charge in [0.05, 0.1) is 10.7 Å². The largest absolute Gasteiger partial charge is 0.481 e. The fourth-order valence-electron chi connectivity index (χ4n) is 4.28. The number of carbonyl (C=O) groups is 3. The Balaban J connectivity index is 1.44. The van der Waals surface area contributed by atoms with Crippen LogP contribution in [0.4, 0.5) is 10.5 Å². The summed E-state index contributed by atoms with van der Waals surface area (Å²) in [4.78, 5) is 36.7. The molecule has 4 rings (SSSR count). The molecule has 1 aliphatic rings. The highest BCUT2D eigenvalue weighted by molar-refractivity contribution is 6.34. The molecule has 8 heteroatoms. The fourth-order valence-corrected chi connectivity index (χ4v) is 4.46. The van der Waals surface area contributed by atoms with Crippen molar-refractivity contribution in [1.29, 1.82) is 0 Å². The van der Waals surface area contributed by atoms with Crippen molar-refractivity contribution in [3.8, 4) is 11.1 Å². The first kappa shape index (κ1) is 24.3. The first-order valence-corrected chi connectivity index (χ1v) is 11.6. The van der Waals surface area contributed by atoms with Crippen molar-refractivity contribution in [3.05, 3.63) is 88.4 Å². The highest BCUT2D eigenvalue weighted by Gasteiger charge is 2.30. The van der Waals surface area contributed by atoms with Crippen molar-refractivity contribution < 1.29 is 24.2 Å². The van der Waals surface area contributed by atoms with Gasteiger partial charge in [0.1, 0.15) is 12.6 Å². The Bertz CT molecular complexity index is 1230. The number of ether oxygens (including phenoxy) is 1. The molecule has 3 aromatic rings. The number of anilines is 1. The van der Waals surface area contributed by atoms with Crippen molar-refractivity contribution in [1.82, 2.24) is 5.32 Å². The molecule has 3 N–H and O–H groups in total. The summed E-state index contributed by atoms with van der Waals surface area (Å²) < 4.78 is 5.52. The number of aliphatic carboxylic acids is 1. The number of halogens is 1. The van der Waals surface area contributed by atoms with Gasteiger partial charge in [-0.05, 0) is 47.2 Å². The van der Waals surface area contributed by atoms with Crippen LogP contribution in [0.25, 0.3) is 11.1 Å². The topological polar surface area (TPSA) is 105 Å². The Hall–Kier alpha value is -3.84. The van der Waals surface area contributed by atoms with Gasteiger partial charge in [-0.3, -0.25) is 9.59 Å². The fraction of sp³-hybridized carbons (Fsp3) is 0.222. The van der Waals surface area contributed by atoms with E-state index in [9.17, 15) is 14.4 Å². The van der Waals surface area contributed by atoms with E-state index in [0.29, 0.717) is 10.7 Å². The van der Waals surface area contributed by atoms with Gasteiger partial charge in [0, 0.05) is 12.3 Å². The minimum atomic E-state index is -1.11. The van der Waals surface area contributed by atoms with Crippen LogP contribution in [0.3, 0.4) is 0 Å². The second kappa shape index (κ2) is 10.6. The number of carboxylic acid groups (broad SMARTS) is 1. The predicted molar refractivity (Wildman–Crippen MR) is 134 cm³/mol. The third kappa shape index (κ3) is 5.46. The molecule has 180 valence electrons. The van der Waals surface area contributed by atoms with Crippen LogP contribution in [0, 0.1) is 6.92 Å². The lowest BCUT2D eigenvalue weighted by molar-refractivity contribution is -0.137. The average Bonchev–Trinajstić information content (AvgIpc) is 3.17. The van der Waals surface area contributed by atoms with Crippen LogP contribution in [0.1, 0.15) is 35.4 Å². The molecular formula is C27H25ClN2O5. The minimum Gasteiger partial charge on any atom is -0.481 e. The van der Waals surface area contributed by atoms with Gasteiger partial charge in [-0.2, -0.15) is 0 Å². The summed E-state index contributed by atoms with van der Waals surface area (Å²) in [5.74, 6) is -1.79. The van der Waals surface area contributed by atoms with E-state index in [4.69, 9.17) is 21.4 Å². The Labute approximate surface area is 208 Å². The molecule has 1 atom stereocenters. The highest BCUT2D eigenvalue weighted by atomic mass is 35.5. The van der Waals surface area contributed by atoms with Gasteiger partial charge in [-0.25, -0.2) is 4.79 Å². The summed E-state index contributed by atoms with van der Waals surface area (Å²) >= 11 is 6.26. The summed E-state index contributed by atoms with van der Waals surface area (Å²) in [6.45, 7) is 1.88. The SMILES string of the molecule is Cc1cccc(NC(=O)C(CCC(=O)O)NC(=O)OCC2c3ccccc3-c3ccccc32)c1Cl. The minimum absolute atomic E-state index is 0.0802. The highest BCUT2D eigenvalue weighted by Crippen LogP contribution is 2.44. The second-order valence-electron chi connectivity index (χ2n) is 8.38. The number of carboxylic acids is 1. The second-order valence-corrected chi connectivity index (χ2v) is 8.76. The third-order valence-electron chi connectivity index (χ3n) is 6.05. The maximum absolute atomic E-state index is 12.9. The van der Waals surface area contributed by atoms with Crippen molar-refractivity contribution in [2.24, 2.45) is 0 Å². The van der Waals surface area contributed by atoms with Gasteiger partial charge in [-0.1, -0.05) is 72.3 Å². The predicted octanol–water partition coefficient (Wildman–Crippen LogP) is 5.36. The molecular weight excluding hydrogens is 468 g/mol. The normalized spacial score (nSPS) is 12.9. The van der Waals surface area contributed by atoms with E-state index in [1.54, 1.807) is 25.1 Å². The number of aryl methyl sites for hydroxylation is 1. The lowest BCUT2D eigenvalue weighted by Crippen LogP contribution is -2.44. The van der Waals surface area contributed by atoms with Crippen LogP contribution in [0.5, 0.6) is 0 Å². The summed E-state index contributed by atoms with van der Waals surface area (Å²) in [6.07, 6.45) is -1.20. The summed E-state index contributed by atoms with van der Waals surface area (Å²) in [6, 6.07) is 20.0. The van der Waals surface area contributed by atoms with E-state index >= 15 is 0 Å². The van der Waals surface area contributed by atoms with E-state index in [2.05, 4.69) is 10.6 Å². The molecule has 0 spiro atoms. The number of nitrogens with one attached hydrogen (secondary N) is 2. The average molecular weight is 493 g/mol. The zero-order valence-electron chi connectivity index (χ0n) is 19.1. The monoisotopic (exact) mass is 492 g/mol. The number of benzene rings is 3. The van der Waals surface area contributed by atoms with E-state index < -0.39 is 24.0 Å². The van der Waals surface area contributed by atoms with E-state index in [1.807, 2.05) is 48.5 Å². The summed E-state index contributed by atoms with van der Waals surface area (Å²) in [5.41, 5.74) is 5.49. The number of carbonyl (C=O) groups excluding carboxylic acids is 2. The molecule has 0 saturated heterocycles. The van der Waals surface area contributed by atoms with E-state index in [-0.39, 0.29) is 25.4 Å². The Morgan fingerprint density at radius 2 is 1.60 bits per heavy atom. The number of amides is 2. The van der Waals surface area contributed by atoms with Crippen molar-refractivity contribution in [3.63, 3.8) is 0 Å². The van der Waals surface area contributed by atoms with Gasteiger partial charge in [0.2, 0.25) is 5.91 Å². The van der Waals surface area contributed by atoms with Gasteiger partial charge < -0.3 is 20.5 Å². The molecule has 0 radical (unpaired) electrons. The first-order chi connectivity index (χ1) is 16.8. The Kier molecular flexibility index (Phi) is 7.36. The van der Waals surface area contributed by atoms with Crippen LogP contribution in [-0.4, -0.2) is 35.7 Å². The number of fused-ring (bicyclic) bond motifs is 3. The zero-order valence-corrected chi connectivity index (χ0v) is 19.8. The lowest BCUT2D eigenvalue weighted by atomic mass is 9.98. The maximum atomic E-state index is 12.9. The van der Waals surface area contributed by atoms with Crippen LogP contribution >= 0.6 is 11.6 Å². The number of alkyl carbamates (subject to hydrolysis) is 1. The Morgan fingerprint density at radius 3 is 2.23 bits per heavy atom. The molecule has 0 saturated carbocycles. The molecule has 3 aromatic carbocycles. The van der Waals surface area contributed by atoms with Gasteiger partial charge >= 0.3 is 12.1 Å². The number of rotatable bonds is 8. The van der Waals surface area contributed by atoms with E-state index in [0.717, 1.165) is 27.8 Å². The third-order valence-corrected chi connectivity index (χ3v) is 6.55. The number of hydrogen-bond acceptors (Lipinski definition) is 4. The molecule has 0 fully saturated rings. The molecule has 0 bridgehead atoms. The van der Waals surface area contributed by atoms with Crippen LogP contribution in [0.2, 0.25) is 5.02 Å². The molecule has 1 aliphatic carbocycles. The van der Waals surface area contributed by atoms with Gasteiger partial charge in [-0.15, -0.1) is 0 Å². The zero-order chi connectivity index (χ0) is 24.9. The lowest BCUT2D eigenvalue weighted by Gasteiger charge is -2.20. The first-order valence-electron chi connectivity index (χ1n) is 11.2. The van der Waals surface area contributed by atoms with Gasteiger partial charge in [0.15, 0.2) is 0 Å². The Morgan fingerprint density at radius 1 is 0.971 bits per heavy atom. The number of hydrogen-bond donors (Lipinski definition) is 3. The van der Waals surface area contributed by atoms with Crippen LogP contribution in [-0.2, 0) is 14.3 Å².